The number of carbonyl (C=O) groups excluding carboxylic acids is 2. The third-order valence-electron chi connectivity index (χ3n) is 4.74. The van der Waals surface area contributed by atoms with Crippen molar-refractivity contribution >= 4 is 23.2 Å². The second kappa shape index (κ2) is 5.09. The van der Waals surface area contributed by atoms with Crippen LogP contribution in [0.25, 0.3) is 0 Å². The number of aryl methyl sites for hydroxylation is 2. The minimum absolute atomic E-state index is 0.0457. The van der Waals surface area contributed by atoms with Crippen LogP contribution in [0.2, 0.25) is 0 Å². The third-order valence-corrected chi connectivity index (χ3v) is 5.63. The van der Waals surface area contributed by atoms with Crippen LogP contribution in [-0.2, 0) is 4.79 Å². The number of rotatable bonds is 1. The van der Waals surface area contributed by atoms with E-state index < -0.39 is 0 Å². The molecule has 21 heavy (non-hydrogen) atoms. The van der Waals surface area contributed by atoms with Gasteiger partial charge in [0.1, 0.15) is 5.69 Å². The highest BCUT2D eigenvalue weighted by atomic mass is 32.1. The van der Waals surface area contributed by atoms with Gasteiger partial charge in [0.05, 0.1) is 5.01 Å². The molecule has 0 aromatic carbocycles. The molecule has 0 bridgehead atoms. The molecule has 0 unspecified atom stereocenters. The Bertz CT molecular complexity index is 588. The molecule has 2 aliphatic heterocycles. The summed E-state index contributed by atoms with van der Waals surface area (Å²) in [5.74, 6) is 0.283. The number of piperidine rings is 1. The Labute approximate surface area is 129 Å². The highest BCUT2D eigenvalue weighted by Crippen LogP contribution is 2.40. The minimum Gasteiger partial charge on any atom is -0.345 e. The zero-order chi connectivity index (χ0) is 15.2. The molecule has 1 aromatic rings. The molecule has 2 saturated heterocycles. The van der Waals surface area contributed by atoms with Gasteiger partial charge in [-0.1, -0.05) is 0 Å². The van der Waals surface area contributed by atoms with Crippen molar-refractivity contribution in [2.24, 2.45) is 5.41 Å². The number of hydrogen-bond acceptors (Lipinski definition) is 4. The normalized spacial score (nSPS) is 21.4. The first kappa shape index (κ1) is 14.5. The lowest BCUT2D eigenvalue weighted by Gasteiger charge is -2.38. The van der Waals surface area contributed by atoms with Crippen molar-refractivity contribution in [3.63, 3.8) is 0 Å². The van der Waals surface area contributed by atoms with Gasteiger partial charge in [0, 0.05) is 43.4 Å². The summed E-state index contributed by atoms with van der Waals surface area (Å²) in [6.45, 7) is 6.18. The average Bonchev–Trinajstić information content (AvgIpc) is 2.90. The Morgan fingerprint density at radius 3 is 2.43 bits per heavy atom. The van der Waals surface area contributed by atoms with E-state index in [0.29, 0.717) is 12.1 Å². The van der Waals surface area contributed by atoms with Gasteiger partial charge in [-0.3, -0.25) is 9.59 Å². The quantitative estimate of drug-likeness (QED) is 0.795. The number of hydrogen-bond donors (Lipinski definition) is 0. The molecule has 2 aliphatic rings. The Morgan fingerprint density at radius 1 is 1.29 bits per heavy atom. The highest BCUT2D eigenvalue weighted by molar-refractivity contribution is 7.11. The Hall–Kier alpha value is -1.43. The molecule has 114 valence electrons. The van der Waals surface area contributed by atoms with Gasteiger partial charge in [0.25, 0.3) is 5.91 Å². The van der Waals surface area contributed by atoms with E-state index in [2.05, 4.69) is 4.98 Å². The maximum atomic E-state index is 12.6. The van der Waals surface area contributed by atoms with Crippen LogP contribution in [0.1, 0.15) is 39.6 Å². The first-order chi connectivity index (χ1) is 9.90. The summed E-state index contributed by atoms with van der Waals surface area (Å²) in [7, 11) is 1.87. The highest BCUT2D eigenvalue weighted by Gasteiger charge is 2.44. The summed E-state index contributed by atoms with van der Waals surface area (Å²) in [4.78, 5) is 33.4. The van der Waals surface area contributed by atoms with E-state index in [1.807, 2.05) is 30.7 Å². The second-order valence-corrected chi connectivity index (χ2v) is 7.76. The van der Waals surface area contributed by atoms with Crippen molar-refractivity contribution in [2.75, 3.05) is 26.7 Å². The lowest BCUT2D eigenvalue weighted by atomic mass is 9.77. The van der Waals surface area contributed by atoms with E-state index in [-0.39, 0.29) is 17.2 Å². The van der Waals surface area contributed by atoms with Crippen LogP contribution >= 0.6 is 11.3 Å². The van der Waals surface area contributed by atoms with E-state index in [0.717, 1.165) is 42.4 Å². The SMILES string of the molecule is Cc1nc(C(=O)N2CCC3(CC2)CC(=O)N(C)C3)c(C)s1. The Morgan fingerprint density at radius 2 is 1.95 bits per heavy atom. The van der Waals surface area contributed by atoms with E-state index >= 15 is 0 Å². The van der Waals surface area contributed by atoms with Crippen molar-refractivity contribution in [3.8, 4) is 0 Å². The van der Waals surface area contributed by atoms with E-state index in [1.165, 1.54) is 0 Å². The molecule has 3 rings (SSSR count). The number of aromatic nitrogens is 1. The van der Waals surface area contributed by atoms with Crippen LogP contribution in [0.5, 0.6) is 0 Å². The van der Waals surface area contributed by atoms with Gasteiger partial charge in [0.15, 0.2) is 0 Å². The van der Waals surface area contributed by atoms with Crippen molar-refractivity contribution < 1.29 is 9.59 Å². The van der Waals surface area contributed by atoms with Gasteiger partial charge < -0.3 is 9.80 Å². The molecule has 1 aromatic heterocycles. The fraction of sp³-hybridized carbons (Fsp3) is 0.667. The molecule has 0 atom stereocenters. The van der Waals surface area contributed by atoms with Crippen LogP contribution in [0.3, 0.4) is 0 Å². The molecule has 2 amide bonds. The molecule has 0 saturated carbocycles. The lowest BCUT2D eigenvalue weighted by Crippen LogP contribution is -2.44. The summed E-state index contributed by atoms with van der Waals surface area (Å²) in [6, 6.07) is 0. The summed E-state index contributed by atoms with van der Waals surface area (Å²) >= 11 is 1.57. The number of nitrogens with zero attached hydrogens (tertiary/aromatic N) is 3. The predicted octanol–water partition coefficient (Wildman–Crippen LogP) is 1.84. The standard InChI is InChI=1S/C15H21N3O2S/c1-10-13(16-11(2)21-10)14(20)18-6-4-15(5-7-18)8-12(19)17(3)9-15/h4-9H2,1-3H3. The van der Waals surface area contributed by atoms with Crippen LogP contribution in [0, 0.1) is 19.3 Å². The number of amides is 2. The fourth-order valence-corrected chi connectivity index (χ4v) is 4.31. The molecule has 0 N–H and O–H groups in total. The average molecular weight is 307 g/mol. The lowest BCUT2D eigenvalue weighted by molar-refractivity contribution is -0.126. The van der Waals surface area contributed by atoms with Crippen LogP contribution < -0.4 is 0 Å². The summed E-state index contributed by atoms with van der Waals surface area (Å²) in [5, 5.41) is 0.937. The van der Waals surface area contributed by atoms with Gasteiger partial charge in [-0.15, -0.1) is 11.3 Å². The molecule has 5 nitrogen and oxygen atoms in total. The molecule has 0 aliphatic carbocycles. The molecule has 3 heterocycles. The van der Waals surface area contributed by atoms with Crippen molar-refractivity contribution in [3.05, 3.63) is 15.6 Å². The molecular formula is C15H21N3O2S. The second-order valence-electron chi connectivity index (χ2n) is 6.36. The van der Waals surface area contributed by atoms with E-state index in [4.69, 9.17) is 0 Å². The van der Waals surface area contributed by atoms with Crippen LogP contribution in [-0.4, -0.2) is 53.3 Å². The minimum atomic E-state index is 0.0457. The smallest absolute Gasteiger partial charge is 0.273 e. The Kier molecular flexibility index (Phi) is 3.51. The molecular weight excluding hydrogens is 286 g/mol. The first-order valence-electron chi connectivity index (χ1n) is 7.37. The topological polar surface area (TPSA) is 53.5 Å². The van der Waals surface area contributed by atoms with Crippen LogP contribution in [0.4, 0.5) is 0 Å². The zero-order valence-corrected chi connectivity index (χ0v) is 13.6. The van der Waals surface area contributed by atoms with Gasteiger partial charge in [0.2, 0.25) is 5.91 Å². The molecule has 0 radical (unpaired) electrons. The molecule has 6 heteroatoms. The van der Waals surface area contributed by atoms with Crippen molar-refractivity contribution in [1.29, 1.82) is 0 Å². The molecule has 2 fully saturated rings. The Balaban J connectivity index is 1.67. The molecule has 1 spiro atoms. The monoisotopic (exact) mass is 307 g/mol. The number of likely N-dealkylation sites (tertiary alicyclic amines) is 2. The first-order valence-corrected chi connectivity index (χ1v) is 8.19. The number of carbonyl (C=O) groups is 2. The van der Waals surface area contributed by atoms with E-state index in [1.54, 1.807) is 11.3 Å². The zero-order valence-electron chi connectivity index (χ0n) is 12.8. The predicted molar refractivity (Wildman–Crippen MR) is 81.4 cm³/mol. The third kappa shape index (κ3) is 2.57. The maximum absolute atomic E-state index is 12.6. The number of thiazole rings is 1. The van der Waals surface area contributed by atoms with Crippen molar-refractivity contribution in [1.82, 2.24) is 14.8 Å². The fourth-order valence-electron chi connectivity index (χ4n) is 3.50. The van der Waals surface area contributed by atoms with E-state index in [9.17, 15) is 9.59 Å². The van der Waals surface area contributed by atoms with Crippen molar-refractivity contribution in [2.45, 2.75) is 33.1 Å². The summed E-state index contributed by atoms with van der Waals surface area (Å²) in [5.41, 5.74) is 0.698. The summed E-state index contributed by atoms with van der Waals surface area (Å²) in [6.07, 6.45) is 2.47. The van der Waals surface area contributed by atoms with Gasteiger partial charge in [-0.05, 0) is 26.7 Å². The van der Waals surface area contributed by atoms with Gasteiger partial charge in [-0.25, -0.2) is 4.98 Å². The van der Waals surface area contributed by atoms with Crippen LogP contribution in [0.15, 0.2) is 0 Å². The van der Waals surface area contributed by atoms with Gasteiger partial charge >= 0.3 is 0 Å². The maximum Gasteiger partial charge on any atom is 0.273 e. The largest absolute Gasteiger partial charge is 0.345 e. The summed E-state index contributed by atoms with van der Waals surface area (Å²) < 4.78 is 0. The van der Waals surface area contributed by atoms with Gasteiger partial charge in [-0.2, -0.15) is 0 Å².